The molecule has 0 saturated heterocycles. The maximum atomic E-state index is 10.9. The molecule has 0 bridgehead atoms. The largest absolute Gasteiger partial charge is 0.320 e. The van der Waals surface area contributed by atoms with Crippen molar-refractivity contribution in [1.82, 2.24) is 0 Å². The number of benzene rings is 2. The molecule has 0 heterocycles. The van der Waals surface area contributed by atoms with E-state index in [1.54, 1.807) is 13.0 Å². The van der Waals surface area contributed by atoms with E-state index in [0.717, 1.165) is 11.1 Å². The summed E-state index contributed by atoms with van der Waals surface area (Å²) in [6.45, 7) is 1.80. The minimum Gasteiger partial charge on any atom is -0.320 e. The number of nitro benzene ring substituents is 1. The Hall–Kier alpha value is -1.91. The Morgan fingerprint density at radius 2 is 1.95 bits per heavy atom. The van der Waals surface area contributed by atoms with Gasteiger partial charge in [-0.15, -0.1) is 0 Å². The van der Waals surface area contributed by atoms with Gasteiger partial charge in [0.15, 0.2) is 0 Å². The van der Waals surface area contributed by atoms with Crippen LogP contribution in [0.3, 0.4) is 0 Å². The summed E-state index contributed by atoms with van der Waals surface area (Å²) >= 11 is 6.10. The fourth-order valence-corrected chi connectivity index (χ4v) is 2.24. The van der Waals surface area contributed by atoms with Crippen LogP contribution in [0.15, 0.2) is 42.5 Å². The number of nitro groups is 1. The lowest BCUT2D eigenvalue weighted by Gasteiger charge is -2.14. The maximum absolute atomic E-state index is 10.9. The van der Waals surface area contributed by atoms with Gasteiger partial charge in [-0.3, -0.25) is 10.1 Å². The highest BCUT2D eigenvalue weighted by Crippen LogP contribution is 2.29. The van der Waals surface area contributed by atoms with Crippen molar-refractivity contribution in [3.63, 3.8) is 0 Å². The zero-order chi connectivity index (χ0) is 14.0. The summed E-state index contributed by atoms with van der Waals surface area (Å²) in [6.07, 6.45) is 0. The second kappa shape index (κ2) is 5.38. The molecule has 1 atom stereocenters. The van der Waals surface area contributed by atoms with Crippen LogP contribution in [0.4, 0.5) is 5.69 Å². The molecular formula is C14H13ClN2O2. The summed E-state index contributed by atoms with van der Waals surface area (Å²) < 4.78 is 0. The van der Waals surface area contributed by atoms with Gasteiger partial charge >= 0.3 is 0 Å². The van der Waals surface area contributed by atoms with Crippen LogP contribution in [0.2, 0.25) is 5.02 Å². The monoisotopic (exact) mass is 276 g/mol. The van der Waals surface area contributed by atoms with E-state index in [9.17, 15) is 10.1 Å². The molecule has 0 aliphatic rings. The van der Waals surface area contributed by atoms with E-state index in [0.29, 0.717) is 10.6 Å². The highest BCUT2D eigenvalue weighted by molar-refractivity contribution is 6.31. The molecule has 0 radical (unpaired) electrons. The number of halogens is 1. The van der Waals surface area contributed by atoms with Crippen LogP contribution in [-0.2, 0) is 0 Å². The minimum atomic E-state index is -0.479. The number of aryl methyl sites for hydroxylation is 1. The molecule has 2 aromatic carbocycles. The molecule has 0 amide bonds. The summed E-state index contributed by atoms with van der Waals surface area (Å²) in [5, 5.41) is 11.4. The summed E-state index contributed by atoms with van der Waals surface area (Å²) in [5.41, 5.74) is 8.42. The molecule has 0 aliphatic carbocycles. The Morgan fingerprint density at radius 1 is 1.26 bits per heavy atom. The van der Waals surface area contributed by atoms with Crippen LogP contribution in [-0.4, -0.2) is 4.92 Å². The molecule has 0 fully saturated rings. The highest BCUT2D eigenvalue weighted by Gasteiger charge is 2.16. The van der Waals surface area contributed by atoms with Crippen molar-refractivity contribution in [2.45, 2.75) is 13.0 Å². The molecule has 2 rings (SSSR count). The molecule has 2 aromatic rings. The number of nitrogens with two attached hydrogens (primary N) is 1. The van der Waals surface area contributed by atoms with Gasteiger partial charge in [-0.2, -0.15) is 0 Å². The van der Waals surface area contributed by atoms with Gasteiger partial charge in [-0.05, 0) is 29.7 Å². The predicted octanol–water partition coefficient (Wildman–Crippen LogP) is 3.60. The van der Waals surface area contributed by atoms with Crippen molar-refractivity contribution in [3.8, 4) is 0 Å². The Kier molecular flexibility index (Phi) is 3.83. The molecule has 4 nitrogen and oxygen atoms in total. The Labute approximate surface area is 116 Å². The second-order valence-electron chi connectivity index (χ2n) is 4.36. The number of nitrogens with zero attached hydrogens (tertiary/aromatic N) is 1. The fraction of sp³-hybridized carbons (Fsp3) is 0.143. The van der Waals surface area contributed by atoms with E-state index < -0.39 is 11.0 Å². The lowest BCUT2D eigenvalue weighted by atomic mass is 9.97. The van der Waals surface area contributed by atoms with E-state index in [-0.39, 0.29) is 5.69 Å². The van der Waals surface area contributed by atoms with Gasteiger partial charge in [-0.1, -0.05) is 35.9 Å². The van der Waals surface area contributed by atoms with Crippen molar-refractivity contribution >= 4 is 17.3 Å². The maximum Gasteiger partial charge on any atom is 0.270 e. The zero-order valence-corrected chi connectivity index (χ0v) is 11.1. The van der Waals surface area contributed by atoms with Gasteiger partial charge in [0.05, 0.1) is 11.0 Å². The standard InChI is InChI=1S/C14H13ClN2O2/c1-9-6-10(8-11(7-9)17(18)19)14(16)12-4-2-3-5-13(12)15/h2-8,14H,16H2,1H3. The van der Waals surface area contributed by atoms with Gasteiger partial charge in [0, 0.05) is 17.2 Å². The Morgan fingerprint density at radius 3 is 2.58 bits per heavy atom. The SMILES string of the molecule is Cc1cc(C(N)c2ccccc2Cl)cc([N+](=O)[O-])c1. The van der Waals surface area contributed by atoms with Crippen molar-refractivity contribution in [2.75, 3.05) is 0 Å². The van der Waals surface area contributed by atoms with E-state index in [2.05, 4.69) is 0 Å². The quantitative estimate of drug-likeness (QED) is 0.688. The van der Waals surface area contributed by atoms with Gasteiger partial charge in [-0.25, -0.2) is 0 Å². The van der Waals surface area contributed by atoms with Crippen LogP contribution >= 0.6 is 11.6 Å². The van der Waals surface area contributed by atoms with E-state index >= 15 is 0 Å². The summed E-state index contributed by atoms with van der Waals surface area (Å²) in [4.78, 5) is 10.4. The topological polar surface area (TPSA) is 69.2 Å². The van der Waals surface area contributed by atoms with Gasteiger partial charge in [0.2, 0.25) is 0 Å². The normalized spacial score (nSPS) is 12.2. The molecule has 0 saturated carbocycles. The van der Waals surface area contributed by atoms with Crippen LogP contribution in [0, 0.1) is 17.0 Å². The number of hydrogen-bond donors (Lipinski definition) is 1. The smallest absolute Gasteiger partial charge is 0.270 e. The third kappa shape index (κ3) is 2.92. The highest BCUT2D eigenvalue weighted by atomic mass is 35.5. The first-order valence-corrected chi connectivity index (χ1v) is 6.13. The average molecular weight is 277 g/mol. The number of rotatable bonds is 3. The number of hydrogen-bond acceptors (Lipinski definition) is 3. The first-order valence-electron chi connectivity index (χ1n) is 5.75. The molecular weight excluding hydrogens is 264 g/mol. The molecule has 98 valence electrons. The van der Waals surface area contributed by atoms with Crippen LogP contribution in [0.1, 0.15) is 22.7 Å². The summed E-state index contributed by atoms with van der Waals surface area (Å²) in [7, 11) is 0. The van der Waals surface area contributed by atoms with Gasteiger partial charge in [0.25, 0.3) is 5.69 Å². The zero-order valence-electron chi connectivity index (χ0n) is 10.3. The molecule has 2 N–H and O–H groups in total. The third-order valence-electron chi connectivity index (χ3n) is 2.89. The minimum absolute atomic E-state index is 0.0394. The molecule has 5 heteroatoms. The third-order valence-corrected chi connectivity index (χ3v) is 3.24. The average Bonchev–Trinajstić information content (AvgIpc) is 2.37. The van der Waals surface area contributed by atoms with E-state index in [1.807, 2.05) is 24.3 Å². The van der Waals surface area contributed by atoms with E-state index in [1.165, 1.54) is 12.1 Å². The fourth-order valence-electron chi connectivity index (χ4n) is 1.98. The van der Waals surface area contributed by atoms with Crippen LogP contribution < -0.4 is 5.73 Å². The lowest BCUT2D eigenvalue weighted by Crippen LogP contribution is -2.12. The van der Waals surface area contributed by atoms with Gasteiger partial charge in [0.1, 0.15) is 0 Å². The molecule has 19 heavy (non-hydrogen) atoms. The van der Waals surface area contributed by atoms with Gasteiger partial charge < -0.3 is 5.73 Å². The van der Waals surface area contributed by atoms with E-state index in [4.69, 9.17) is 17.3 Å². The van der Waals surface area contributed by atoms with Crippen molar-refractivity contribution in [1.29, 1.82) is 0 Å². The van der Waals surface area contributed by atoms with Crippen molar-refractivity contribution in [3.05, 3.63) is 74.3 Å². The summed E-state index contributed by atoms with van der Waals surface area (Å²) in [6, 6.07) is 11.6. The van der Waals surface area contributed by atoms with Crippen LogP contribution in [0.25, 0.3) is 0 Å². The molecule has 1 unspecified atom stereocenters. The van der Waals surface area contributed by atoms with Crippen molar-refractivity contribution in [2.24, 2.45) is 5.73 Å². The molecule has 0 spiro atoms. The second-order valence-corrected chi connectivity index (χ2v) is 4.77. The summed E-state index contributed by atoms with van der Waals surface area (Å²) in [5.74, 6) is 0. The first-order chi connectivity index (χ1) is 8.99. The molecule has 0 aliphatic heterocycles. The predicted molar refractivity (Wildman–Crippen MR) is 75.3 cm³/mol. The number of non-ortho nitro benzene ring substituents is 1. The molecule has 0 aromatic heterocycles. The van der Waals surface area contributed by atoms with Crippen LogP contribution in [0.5, 0.6) is 0 Å². The lowest BCUT2D eigenvalue weighted by molar-refractivity contribution is -0.385. The Balaban J connectivity index is 2.47. The van der Waals surface area contributed by atoms with Crippen molar-refractivity contribution < 1.29 is 4.92 Å². The Bertz CT molecular complexity index is 629. The first kappa shape index (κ1) is 13.5.